The summed E-state index contributed by atoms with van der Waals surface area (Å²) < 4.78 is 10.9. The van der Waals surface area contributed by atoms with Crippen molar-refractivity contribution in [2.75, 3.05) is 27.4 Å². The molecule has 0 atom stereocenters. The Labute approximate surface area is 157 Å². The van der Waals surface area contributed by atoms with Crippen LogP contribution < -0.4 is 0 Å². The van der Waals surface area contributed by atoms with E-state index in [1.54, 1.807) is 11.1 Å². The number of aryl methyl sites for hydroxylation is 2. The lowest BCUT2D eigenvalue weighted by atomic mass is 9.47. The van der Waals surface area contributed by atoms with Crippen molar-refractivity contribution in [3.05, 3.63) is 58.7 Å². The minimum atomic E-state index is 0.185. The second-order valence-electron chi connectivity index (χ2n) is 8.52. The van der Waals surface area contributed by atoms with E-state index < -0.39 is 0 Å². The van der Waals surface area contributed by atoms with Crippen molar-refractivity contribution < 1.29 is 9.47 Å². The molecule has 0 amide bonds. The first kappa shape index (κ1) is 17.8. The summed E-state index contributed by atoms with van der Waals surface area (Å²) in [4.78, 5) is 0. The number of hydrogen-bond donors (Lipinski definition) is 0. The highest BCUT2D eigenvalue weighted by molar-refractivity contribution is 5.82. The van der Waals surface area contributed by atoms with Crippen molar-refractivity contribution in [1.82, 2.24) is 0 Å². The number of methoxy groups -OCH3 is 2. The molecule has 2 aromatic carbocycles. The van der Waals surface area contributed by atoms with Crippen LogP contribution in [0.15, 0.2) is 36.4 Å². The van der Waals surface area contributed by atoms with Gasteiger partial charge < -0.3 is 9.47 Å². The fraction of sp³-hybridized carbons (Fsp3) is 0.500. The third-order valence-electron chi connectivity index (χ3n) is 6.70. The van der Waals surface area contributed by atoms with Crippen molar-refractivity contribution in [3.8, 4) is 11.1 Å². The Bertz CT molecular complexity index is 751. The molecule has 1 spiro atoms. The van der Waals surface area contributed by atoms with E-state index in [0.717, 1.165) is 26.1 Å². The fourth-order valence-electron chi connectivity index (χ4n) is 5.45. The summed E-state index contributed by atoms with van der Waals surface area (Å²) in [6, 6.07) is 14.0. The minimum absolute atomic E-state index is 0.185. The van der Waals surface area contributed by atoms with Crippen LogP contribution in [-0.4, -0.2) is 27.4 Å². The van der Waals surface area contributed by atoms with Crippen molar-refractivity contribution >= 4 is 0 Å². The van der Waals surface area contributed by atoms with Gasteiger partial charge in [0.05, 0.1) is 0 Å². The van der Waals surface area contributed by atoms with Crippen LogP contribution in [-0.2, 0) is 14.9 Å². The highest BCUT2D eigenvalue weighted by atomic mass is 16.5. The van der Waals surface area contributed by atoms with Gasteiger partial charge in [-0.2, -0.15) is 0 Å². The topological polar surface area (TPSA) is 18.5 Å². The lowest BCUT2D eigenvalue weighted by molar-refractivity contribution is -0.0114. The Morgan fingerprint density at radius 1 is 0.769 bits per heavy atom. The molecule has 0 unspecified atom stereocenters. The number of benzene rings is 2. The predicted molar refractivity (Wildman–Crippen MR) is 107 cm³/mol. The maximum atomic E-state index is 5.44. The number of hydrogen-bond acceptors (Lipinski definition) is 2. The molecule has 2 aliphatic carbocycles. The van der Waals surface area contributed by atoms with Gasteiger partial charge in [0.15, 0.2) is 0 Å². The molecule has 1 fully saturated rings. The monoisotopic (exact) mass is 350 g/mol. The highest BCUT2D eigenvalue weighted by Gasteiger charge is 2.58. The van der Waals surface area contributed by atoms with E-state index in [2.05, 4.69) is 50.2 Å². The number of ether oxygens (including phenoxy) is 2. The summed E-state index contributed by atoms with van der Waals surface area (Å²) in [5.74, 6) is 0. The van der Waals surface area contributed by atoms with Gasteiger partial charge in [0.1, 0.15) is 0 Å². The highest BCUT2D eigenvalue weighted by Crippen LogP contribution is 2.67. The average molecular weight is 351 g/mol. The normalized spacial score (nSPS) is 18.5. The molecule has 1 saturated carbocycles. The second-order valence-corrected chi connectivity index (χ2v) is 8.52. The summed E-state index contributed by atoms with van der Waals surface area (Å²) >= 11 is 0. The molecule has 0 aliphatic heterocycles. The van der Waals surface area contributed by atoms with Gasteiger partial charge in [-0.05, 0) is 67.2 Å². The first-order valence-corrected chi connectivity index (χ1v) is 9.74. The van der Waals surface area contributed by atoms with E-state index in [1.165, 1.54) is 35.1 Å². The molecule has 2 nitrogen and oxygen atoms in total. The molecular formula is C24H30O2. The number of rotatable bonds is 6. The molecule has 2 aromatic rings. The van der Waals surface area contributed by atoms with Crippen LogP contribution in [0.25, 0.3) is 11.1 Å². The molecule has 2 aliphatic rings. The van der Waals surface area contributed by atoms with Crippen LogP contribution in [0.1, 0.15) is 47.9 Å². The Hall–Kier alpha value is -1.64. The molecular weight excluding hydrogens is 320 g/mol. The smallest absolute Gasteiger partial charge is 0.0467 e. The molecule has 0 saturated heterocycles. The van der Waals surface area contributed by atoms with Gasteiger partial charge in [0, 0.05) is 32.8 Å². The molecule has 26 heavy (non-hydrogen) atoms. The van der Waals surface area contributed by atoms with Crippen molar-refractivity contribution in [1.29, 1.82) is 0 Å². The molecule has 0 aromatic heterocycles. The van der Waals surface area contributed by atoms with Crippen molar-refractivity contribution in [3.63, 3.8) is 0 Å². The maximum absolute atomic E-state index is 5.44. The predicted octanol–water partition coefficient (Wildman–Crippen LogP) is 5.42. The summed E-state index contributed by atoms with van der Waals surface area (Å²) in [5, 5.41) is 0. The van der Waals surface area contributed by atoms with Crippen LogP contribution in [0.3, 0.4) is 0 Å². The van der Waals surface area contributed by atoms with Gasteiger partial charge in [0.2, 0.25) is 0 Å². The summed E-state index contributed by atoms with van der Waals surface area (Å²) in [7, 11) is 3.62. The van der Waals surface area contributed by atoms with Gasteiger partial charge in [-0.15, -0.1) is 0 Å². The molecule has 0 bridgehead atoms. The SMILES string of the molecule is COCCC1(CCOC)CC2(C1)c1cc(C)ccc1-c1ccc(C)cc12. The molecule has 138 valence electrons. The third-order valence-corrected chi connectivity index (χ3v) is 6.70. The van der Waals surface area contributed by atoms with Gasteiger partial charge in [-0.1, -0.05) is 47.5 Å². The Balaban J connectivity index is 1.77. The van der Waals surface area contributed by atoms with Crippen LogP contribution in [0.2, 0.25) is 0 Å². The van der Waals surface area contributed by atoms with Crippen molar-refractivity contribution in [2.45, 2.75) is 44.9 Å². The lowest BCUT2D eigenvalue weighted by Gasteiger charge is -2.56. The van der Waals surface area contributed by atoms with E-state index in [9.17, 15) is 0 Å². The van der Waals surface area contributed by atoms with Crippen LogP contribution in [0.5, 0.6) is 0 Å². The summed E-state index contributed by atoms with van der Waals surface area (Å²) in [6.45, 7) is 6.09. The molecule has 0 heterocycles. The zero-order chi connectivity index (χ0) is 18.4. The average Bonchev–Trinajstić information content (AvgIpc) is 2.86. The Morgan fingerprint density at radius 2 is 1.23 bits per heavy atom. The third kappa shape index (κ3) is 2.62. The van der Waals surface area contributed by atoms with Crippen molar-refractivity contribution in [2.24, 2.45) is 5.41 Å². The quantitative estimate of drug-likeness (QED) is 0.692. The minimum Gasteiger partial charge on any atom is -0.385 e. The Morgan fingerprint density at radius 3 is 1.65 bits per heavy atom. The van der Waals surface area contributed by atoms with Gasteiger partial charge in [0.25, 0.3) is 0 Å². The summed E-state index contributed by atoms with van der Waals surface area (Å²) in [6.07, 6.45) is 4.66. The van der Waals surface area contributed by atoms with E-state index in [-0.39, 0.29) is 5.41 Å². The first-order valence-electron chi connectivity index (χ1n) is 9.74. The van der Waals surface area contributed by atoms with E-state index in [4.69, 9.17) is 9.47 Å². The molecule has 0 N–H and O–H groups in total. The van der Waals surface area contributed by atoms with Crippen LogP contribution in [0, 0.1) is 19.3 Å². The Kier molecular flexibility index (Phi) is 4.45. The zero-order valence-electron chi connectivity index (χ0n) is 16.5. The zero-order valence-corrected chi connectivity index (χ0v) is 16.5. The maximum Gasteiger partial charge on any atom is 0.0467 e. The largest absolute Gasteiger partial charge is 0.385 e. The van der Waals surface area contributed by atoms with Gasteiger partial charge in [-0.25, -0.2) is 0 Å². The lowest BCUT2D eigenvalue weighted by Crippen LogP contribution is -2.50. The van der Waals surface area contributed by atoms with Gasteiger partial charge >= 0.3 is 0 Å². The van der Waals surface area contributed by atoms with Crippen LogP contribution in [0.4, 0.5) is 0 Å². The molecule has 4 rings (SSSR count). The second kappa shape index (κ2) is 6.51. The van der Waals surface area contributed by atoms with Crippen LogP contribution >= 0.6 is 0 Å². The standard InChI is InChI=1S/C24H30O2/c1-17-5-7-19-20-8-6-18(2)14-22(20)24(21(19)13-17)15-23(16-24,9-11-25-3)10-12-26-4/h5-8,13-14H,9-12,15-16H2,1-4H3. The fourth-order valence-corrected chi connectivity index (χ4v) is 5.45. The first-order chi connectivity index (χ1) is 12.5. The molecule has 2 heteroatoms. The van der Waals surface area contributed by atoms with E-state index in [0.29, 0.717) is 5.41 Å². The molecule has 0 radical (unpaired) electrons. The van der Waals surface area contributed by atoms with E-state index >= 15 is 0 Å². The summed E-state index contributed by atoms with van der Waals surface area (Å²) in [5.41, 5.74) is 9.21. The number of fused-ring (bicyclic) bond motifs is 5. The van der Waals surface area contributed by atoms with Gasteiger partial charge in [-0.3, -0.25) is 0 Å². The van der Waals surface area contributed by atoms with E-state index in [1.807, 2.05) is 14.2 Å².